The molecule has 0 bridgehead atoms. The maximum absolute atomic E-state index is 13.5. The maximum Gasteiger partial charge on any atom is 0.417 e. The van der Waals surface area contributed by atoms with E-state index in [4.69, 9.17) is 9.47 Å². The standard InChI is InChI=1S/C24H25F6N3O3/c1-13-6-15(8-17(7-13)23(25,26)27)20-14(2)33(22(34)36-20)11-16-9-18(24(28,29)30)10-31-21(16)32(3)19-4-5-35-12-19/h6-10,14,19-20H,4-5,11-12H2,1-3H3/t14-,19?,20-/m0/s1. The van der Waals surface area contributed by atoms with Crippen molar-refractivity contribution in [2.45, 2.75) is 57.4 Å². The first-order chi connectivity index (χ1) is 16.8. The first-order valence-electron chi connectivity index (χ1n) is 11.3. The van der Waals surface area contributed by atoms with Gasteiger partial charge in [-0.3, -0.25) is 4.90 Å². The first kappa shape index (κ1) is 26.1. The van der Waals surface area contributed by atoms with Crippen molar-refractivity contribution >= 4 is 11.9 Å². The number of hydrogen-bond acceptors (Lipinski definition) is 5. The summed E-state index contributed by atoms with van der Waals surface area (Å²) in [6, 6.07) is 3.51. The topological polar surface area (TPSA) is 54.9 Å². The number of nitrogens with zero attached hydrogens (tertiary/aromatic N) is 3. The van der Waals surface area contributed by atoms with Crippen molar-refractivity contribution in [3.8, 4) is 0 Å². The molecule has 2 aliphatic heterocycles. The fourth-order valence-corrected chi connectivity index (χ4v) is 4.58. The molecule has 6 nitrogen and oxygen atoms in total. The molecule has 12 heteroatoms. The Hall–Kier alpha value is -3.02. The fourth-order valence-electron chi connectivity index (χ4n) is 4.58. The highest BCUT2D eigenvalue weighted by molar-refractivity contribution is 5.71. The van der Waals surface area contributed by atoms with E-state index in [0.717, 1.165) is 24.4 Å². The number of rotatable bonds is 5. The maximum atomic E-state index is 13.5. The van der Waals surface area contributed by atoms with Gasteiger partial charge in [0.25, 0.3) is 0 Å². The van der Waals surface area contributed by atoms with Crippen LogP contribution in [0.15, 0.2) is 30.5 Å². The normalized spacial score (nSPS) is 22.8. The third-order valence-electron chi connectivity index (χ3n) is 6.55. The monoisotopic (exact) mass is 517 g/mol. The first-order valence-corrected chi connectivity index (χ1v) is 11.3. The van der Waals surface area contributed by atoms with E-state index in [-0.39, 0.29) is 29.5 Å². The number of halogens is 6. The van der Waals surface area contributed by atoms with E-state index < -0.39 is 41.7 Å². The van der Waals surface area contributed by atoms with Crippen LogP contribution in [0.4, 0.5) is 37.0 Å². The van der Waals surface area contributed by atoms with Crippen LogP contribution in [0.3, 0.4) is 0 Å². The molecular weight excluding hydrogens is 492 g/mol. The van der Waals surface area contributed by atoms with Gasteiger partial charge in [0, 0.05) is 25.4 Å². The molecule has 1 aromatic heterocycles. The average Bonchev–Trinajstić information content (AvgIpc) is 3.41. The summed E-state index contributed by atoms with van der Waals surface area (Å²) in [4.78, 5) is 19.8. The van der Waals surface area contributed by atoms with Gasteiger partial charge >= 0.3 is 18.4 Å². The minimum Gasteiger partial charge on any atom is -0.439 e. The molecule has 1 amide bonds. The summed E-state index contributed by atoms with van der Waals surface area (Å²) < 4.78 is 91.1. The second-order valence-corrected chi connectivity index (χ2v) is 9.14. The lowest BCUT2D eigenvalue weighted by Crippen LogP contribution is -2.36. The van der Waals surface area contributed by atoms with Crippen LogP contribution in [-0.2, 0) is 28.4 Å². The van der Waals surface area contributed by atoms with Crippen molar-refractivity contribution in [1.29, 1.82) is 0 Å². The van der Waals surface area contributed by atoms with E-state index in [9.17, 15) is 31.1 Å². The molecule has 1 aromatic carbocycles. The molecule has 0 saturated carbocycles. The van der Waals surface area contributed by atoms with E-state index in [2.05, 4.69) is 4.98 Å². The number of cyclic esters (lactones) is 1. The van der Waals surface area contributed by atoms with Gasteiger partial charge in [-0.15, -0.1) is 0 Å². The zero-order valence-electron chi connectivity index (χ0n) is 19.8. The number of benzene rings is 1. The predicted molar refractivity (Wildman–Crippen MR) is 117 cm³/mol. The van der Waals surface area contributed by atoms with Gasteiger partial charge in [0.15, 0.2) is 0 Å². The Kier molecular flexibility index (Phi) is 6.84. The van der Waals surface area contributed by atoms with Crippen LogP contribution in [0.5, 0.6) is 0 Å². The molecule has 0 aliphatic carbocycles. The molecule has 0 spiro atoms. The highest BCUT2D eigenvalue weighted by atomic mass is 19.4. The van der Waals surface area contributed by atoms with Gasteiger partial charge in [-0.05, 0) is 44.0 Å². The van der Waals surface area contributed by atoms with Gasteiger partial charge in [-0.25, -0.2) is 9.78 Å². The Labute approximate surface area is 203 Å². The van der Waals surface area contributed by atoms with Crippen LogP contribution in [0.1, 0.15) is 47.3 Å². The molecule has 4 rings (SSSR count). The number of carbonyl (C=O) groups is 1. The Morgan fingerprint density at radius 3 is 2.39 bits per heavy atom. The molecule has 2 aromatic rings. The van der Waals surface area contributed by atoms with Gasteiger partial charge in [-0.1, -0.05) is 11.6 Å². The smallest absolute Gasteiger partial charge is 0.417 e. The Morgan fingerprint density at radius 1 is 1.08 bits per heavy atom. The lowest BCUT2D eigenvalue weighted by molar-refractivity contribution is -0.138. The van der Waals surface area contributed by atoms with Gasteiger partial charge in [0.2, 0.25) is 0 Å². The van der Waals surface area contributed by atoms with Crippen molar-refractivity contribution < 1.29 is 40.6 Å². The molecule has 2 saturated heterocycles. The van der Waals surface area contributed by atoms with Crippen LogP contribution < -0.4 is 4.90 Å². The van der Waals surface area contributed by atoms with E-state index >= 15 is 0 Å². The molecule has 3 atom stereocenters. The Bertz CT molecular complexity index is 1130. The molecule has 1 unspecified atom stereocenters. The Morgan fingerprint density at radius 2 is 1.78 bits per heavy atom. The molecule has 36 heavy (non-hydrogen) atoms. The number of amides is 1. The number of likely N-dealkylation sites (N-methyl/N-ethyl adjacent to an activating group) is 1. The van der Waals surface area contributed by atoms with Crippen molar-refractivity contribution in [1.82, 2.24) is 9.88 Å². The quantitative estimate of drug-likeness (QED) is 0.474. The lowest BCUT2D eigenvalue weighted by atomic mass is 9.98. The molecular formula is C24H25F6N3O3. The van der Waals surface area contributed by atoms with Crippen molar-refractivity contribution in [3.05, 3.63) is 58.3 Å². The summed E-state index contributed by atoms with van der Waals surface area (Å²) in [6.07, 6.45) is -9.69. The number of aryl methyl sites for hydroxylation is 1. The van der Waals surface area contributed by atoms with Crippen molar-refractivity contribution in [2.75, 3.05) is 25.2 Å². The van der Waals surface area contributed by atoms with E-state index in [1.165, 1.54) is 17.9 Å². The third kappa shape index (κ3) is 5.23. The molecule has 0 radical (unpaired) electrons. The number of hydrogen-bond donors (Lipinski definition) is 0. The van der Waals surface area contributed by atoms with Gasteiger partial charge in [0.05, 0.1) is 36.4 Å². The summed E-state index contributed by atoms with van der Waals surface area (Å²) >= 11 is 0. The number of aromatic nitrogens is 1. The molecule has 196 valence electrons. The zero-order chi connectivity index (χ0) is 26.4. The van der Waals surface area contributed by atoms with Gasteiger partial charge < -0.3 is 14.4 Å². The summed E-state index contributed by atoms with van der Waals surface area (Å²) in [6.45, 7) is 3.72. The lowest BCUT2D eigenvalue weighted by Gasteiger charge is -2.29. The minimum absolute atomic E-state index is 0.100. The molecule has 2 aliphatic rings. The SMILES string of the molecule is Cc1cc([C@H]2OC(=O)N(Cc3cc(C(F)(F)F)cnc3N(C)C3CCOC3)[C@H]2C)cc(C(F)(F)F)c1. The number of anilines is 1. The predicted octanol–water partition coefficient (Wildman–Crippen LogP) is 5.73. The summed E-state index contributed by atoms with van der Waals surface area (Å²) in [7, 11) is 1.69. The number of carbonyl (C=O) groups excluding carboxylic acids is 1. The summed E-state index contributed by atoms with van der Waals surface area (Å²) in [5.74, 6) is 0.261. The van der Waals surface area contributed by atoms with Crippen LogP contribution >= 0.6 is 0 Å². The highest BCUT2D eigenvalue weighted by Gasteiger charge is 2.42. The minimum atomic E-state index is -4.65. The van der Waals surface area contributed by atoms with Crippen LogP contribution in [0.2, 0.25) is 0 Å². The molecule has 3 heterocycles. The van der Waals surface area contributed by atoms with Crippen LogP contribution in [0, 0.1) is 6.92 Å². The largest absolute Gasteiger partial charge is 0.439 e. The zero-order valence-corrected chi connectivity index (χ0v) is 19.8. The van der Waals surface area contributed by atoms with Crippen LogP contribution in [-0.4, -0.2) is 48.3 Å². The van der Waals surface area contributed by atoms with Gasteiger partial charge in [0.1, 0.15) is 11.9 Å². The van der Waals surface area contributed by atoms with E-state index in [1.54, 1.807) is 18.9 Å². The Balaban J connectivity index is 1.66. The highest BCUT2D eigenvalue weighted by Crippen LogP contribution is 2.39. The van der Waals surface area contributed by atoms with E-state index in [1.807, 2.05) is 0 Å². The summed E-state index contributed by atoms with van der Waals surface area (Å²) in [5, 5.41) is 0. The van der Waals surface area contributed by atoms with Gasteiger partial charge in [-0.2, -0.15) is 26.3 Å². The third-order valence-corrected chi connectivity index (χ3v) is 6.55. The number of pyridine rings is 1. The average molecular weight is 517 g/mol. The van der Waals surface area contributed by atoms with Crippen molar-refractivity contribution in [2.24, 2.45) is 0 Å². The summed E-state index contributed by atoms with van der Waals surface area (Å²) in [5.41, 5.74) is -1.20. The van der Waals surface area contributed by atoms with E-state index in [0.29, 0.717) is 25.2 Å². The fraction of sp³-hybridized carbons (Fsp3) is 0.500. The number of alkyl halides is 6. The number of ether oxygens (including phenoxy) is 2. The molecule has 0 N–H and O–H groups in total. The second-order valence-electron chi connectivity index (χ2n) is 9.14. The second kappa shape index (κ2) is 9.45. The van der Waals surface area contributed by atoms with Crippen LogP contribution in [0.25, 0.3) is 0 Å². The molecule has 2 fully saturated rings. The van der Waals surface area contributed by atoms with Crippen molar-refractivity contribution in [3.63, 3.8) is 0 Å².